The highest BCUT2D eigenvalue weighted by Gasteiger charge is 2.35. The van der Waals surface area contributed by atoms with E-state index in [1.807, 2.05) is 0 Å². The molecule has 0 unspecified atom stereocenters. The largest absolute Gasteiger partial charge is 0.480 e. The van der Waals surface area contributed by atoms with Crippen molar-refractivity contribution in [2.75, 3.05) is 0 Å². The third-order valence-corrected chi connectivity index (χ3v) is 3.99. The SMILES string of the molecule is [2H]/C(=C/C[C@H]1C(=O)CC[C@@H]1CC(=O)N[C@H](C(=O)O)C(C)C)C([2H])([2H])C([2H])([2H])[2H]. The number of carboxylic acid groups (broad SMARTS) is 1. The molecule has 22 heavy (non-hydrogen) atoms. The summed E-state index contributed by atoms with van der Waals surface area (Å²) in [5.41, 5.74) is 0. The van der Waals surface area contributed by atoms with Crippen molar-refractivity contribution in [3.8, 4) is 0 Å². The monoisotopic (exact) mass is 315 g/mol. The number of hydrogen-bond acceptors (Lipinski definition) is 3. The number of allylic oxidation sites excluding steroid dienone is 2. The Morgan fingerprint density at radius 2 is 2.32 bits per heavy atom. The van der Waals surface area contributed by atoms with Gasteiger partial charge in [0.05, 0.1) is 1.37 Å². The fraction of sp³-hybridized carbons (Fsp3) is 0.706. The molecule has 3 atom stereocenters. The maximum Gasteiger partial charge on any atom is 0.326 e. The summed E-state index contributed by atoms with van der Waals surface area (Å²) < 4.78 is 44.4. The summed E-state index contributed by atoms with van der Waals surface area (Å²) >= 11 is 0. The maximum atomic E-state index is 12.2. The van der Waals surface area contributed by atoms with Gasteiger partial charge in [0, 0.05) is 25.6 Å². The molecule has 1 rings (SSSR count). The summed E-state index contributed by atoms with van der Waals surface area (Å²) in [5.74, 6) is -3.05. The normalized spacial score (nSPS) is 28.9. The van der Waals surface area contributed by atoms with Crippen LogP contribution in [-0.2, 0) is 14.4 Å². The third-order valence-electron chi connectivity index (χ3n) is 3.99. The van der Waals surface area contributed by atoms with Gasteiger partial charge in [-0.15, -0.1) is 0 Å². The van der Waals surface area contributed by atoms with E-state index in [4.69, 9.17) is 13.3 Å². The first-order valence-corrected chi connectivity index (χ1v) is 7.40. The van der Waals surface area contributed by atoms with E-state index in [1.54, 1.807) is 13.8 Å². The van der Waals surface area contributed by atoms with Gasteiger partial charge in [-0.3, -0.25) is 9.59 Å². The number of nitrogens with one attached hydrogen (secondary N) is 1. The van der Waals surface area contributed by atoms with Crippen molar-refractivity contribution in [1.82, 2.24) is 5.32 Å². The lowest BCUT2D eigenvalue weighted by Gasteiger charge is -2.21. The average Bonchev–Trinajstić information content (AvgIpc) is 2.88. The molecule has 0 bridgehead atoms. The van der Waals surface area contributed by atoms with Gasteiger partial charge in [0.15, 0.2) is 0 Å². The predicted molar refractivity (Wildman–Crippen MR) is 84.3 cm³/mol. The van der Waals surface area contributed by atoms with Crippen molar-refractivity contribution in [3.05, 3.63) is 12.1 Å². The van der Waals surface area contributed by atoms with Crippen LogP contribution in [0.4, 0.5) is 0 Å². The number of carbonyl (C=O) groups is 3. The first kappa shape index (κ1) is 11.0. The number of aliphatic carboxylic acids is 1. The van der Waals surface area contributed by atoms with Crippen molar-refractivity contribution in [2.24, 2.45) is 17.8 Å². The number of amides is 1. The minimum atomic E-state index is -3.00. The molecule has 124 valence electrons. The van der Waals surface area contributed by atoms with E-state index in [9.17, 15) is 14.4 Å². The first-order chi connectivity index (χ1) is 12.7. The van der Waals surface area contributed by atoms with Crippen LogP contribution in [-0.4, -0.2) is 28.8 Å². The van der Waals surface area contributed by atoms with Gasteiger partial charge in [-0.2, -0.15) is 0 Å². The van der Waals surface area contributed by atoms with E-state index in [1.165, 1.54) is 0 Å². The summed E-state index contributed by atoms with van der Waals surface area (Å²) in [6.45, 7) is 0.336. The molecular formula is C17H27NO4. The van der Waals surface area contributed by atoms with Gasteiger partial charge in [0.25, 0.3) is 0 Å². The fourth-order valence-electron chi connectivity index (χ4n) is 2.77. The minimum absolute atomic E-state index is 0.0300. The quantitative estimate of drug-likeness (QED) is 0.674. The summed E-state index contributed by atoms with van der Waals surface area (Å²) in [7, 11) is 0. The summed E-state index contributed by atoms with van der Waals surface area (Å²) in [5, 5.41) is 11.6. The van der Waals surface area contributed by atoms with Crippen LogP contribution in [0.15, 0.2) is 12.1 Å². The smallest absolute Gasteiger partial charge is 0.326 e. The molecule has 0 heterocycles. The maximum absolute atomic E-state index is 12.2. The Morgan fingerprint density at radius 3 is 2.91 bits per heavy atom. The van der Waals surface area contributed by atoms with Crippen LogP contribution in [0.2, 0.25) is 0 Å². The molecule has 0 radical (unpaired) electrons. The molecule has 1 saturated carbocycles. The van der Waals surface area contributed by atoms with E-state index < -0.39 is 43.1 Å². The van der Waals surface area contributed by atoms with Gasteiger partial charge in [-0.05, 0) is 31.1 Å². The Balaban J connectivity index is 2.82. The second-order valence-electron chi connectivity index (χ2n) is 5.91. The summed E-state index contributed by atoms with van der Waals surface area (Å²) in [6, 6.07) is -1.75. The highest BCUT2D eigenvalue weighted by atomic mass is 16.4. The van der Waals surface area contributed by atoms with Gasteiger partial charge >= 0.3 is 5.97 Å². The summed E-state index contributed by atoms with van der Waals surface area (Å²) in [4.78, 5) is 35.6. The van der Waals surface area contributed by atoms with Gasteiger partial charge in [0.1, 0.15) is 11.8 Å². The van der Waals surface area contributed by atoms with Crippen molar-refractivity contribution in [3.63, 3.8) is 0 Å². The molecule has 0 aromatic heterocycles. The van der Waals surface area contributed by atoms with Gasteiger partial charge in [-0.25, -0.2) is 4.79 Å². The molecule has 1 amide bonds. The predicted octanol–water partition coefficient (Wildman–Crippen LogP) is 2.55. The molecule has 0 saturated heterocycles. The minimum Gasteiger partial charge on any atom is -0.480 e. The van der Waals surface area contributed by atoms with E-state index in [0.717, 1.165) is 6.08 Å². The molecule has 1 fully saturated rings. The van der Waals surface area contributed by atoms with Crippen LogP contribution in [0, 0.1) is 17.8 Å². The highest BCUT2D eigenvalue weighted by molar-refractivity contribution is 5.87. The third kappa shape index (κ3) is 5.28. The van der Waals surface area contributed by atoms with E-state index in [0.29, 0.717) is 6.42 Å². The Labute approximate surface area is 140 Å². The molecule has 1 aliphatic carbocycles. The number of ketones is 1. The van der Waals surface area contributed by atoms with Crippen molar-refractivity contribution in [2.45, 2.75) is 58.8 Å². The van der Waals surface area contributed by atoms with Crippen LogP contribution in [0.5, 0.6) is 0 Å². The molecule has 2 N–H and O–H groups in total. The number of Topliss-reactive ketones (excluding diaryl/α,β-unsaturated/α-hetero) is 1. The van der Waals surface area contributed by atoms with E-state index >= 15 is 0 Å². The lowest BCUT2D eigenvalue weighted by molar-refractivity contribution is -0.143. The molecule has 5 nitrogen and oxygen atoms in total. The number of hydrogen-bond donors (Lipinski definition) is 2. The lowest BCUT2D eigenvalue weighted by Crippen LogP contribution is -2.45. The molecule has 5 heteroatoms. The number of carboxylic acids is 1. The fourth-order valence-corrected chi connectivity index (χ4v) is 2.77. The van der Waals surface area contributed by atoms with Gasteiger partial charge < -0.3 is 10.4 Å². The lowest BCUT2D eigenvalue weighted by atomic mass is 9.89. The van der Waals surface area contributed by atoms with Crippen LogP contribution < -0.4 is 5.32 Å². The zero-order chi connectivity index (χ0) is 21.9. The number of carbonyl (C=O) groups excluding carboxylic acids is 2. The van der Waals surface area contributed by atoms with Crippen molar-refractivity contribution in [1.29, 1.82) is 0 Å². The second-order valence-corrected chi connectivity index (χ2v) is 5.91. The molecule has 0 aromatic rings. The molecule has 0 aliphatic heterocycles. The van der Waals surface area contributed by atoms with Gasteiger partial charge in [0.2, 0.25) is 5.91 Å². The Kier molecular flexibility index (Phi) is 4.34. The zero-order valence-corrected chi connectivity index (χ0v) is 12.9. The van der Waals surface area contributed by atoms with Crippen LogP contribution >= 0.6 is 0 Å². The Bertz CT molecular complexity index is 644. The molecule has 0 spiro atoms. The topological polar surface area (TPSA) is 83.5 Å². The van der Waals surface area contributed by atoms with Crippen LogP contribution in [0.3, 0.4) is 0 Å². The van der Waals surface area contributed by atoms with E-state index in [-0.39, 0.29) is 36.9 Å². The standard InChI is InChI=1S/C17H27NO4/c1-4-5-6-7-13-12(8-9-14(13)19)10-15(20)18-16(11(2)3)17(21)22/h5-6,11-13,16H,4,7-10H2,1-3H3,(H,18,20)(H,21,22)/b6-5-/t12-,13-,16+/m1/s1/i1D3,4D2,5D. The van der Waals surface area contributed by atoms with Crippen LogP contribution in [0.25, 0.3) is 0 Å². The second kappa shape index (κ2) is 8.71. The average molecular weight is 315 g/mol. The zero-order valence-electron chi connectivity index (χ0n) is 18.9. The number of rotatable bonds is 8. The van der Waals surface area contributed by atoms with Crippen molar-refractivity contribution < 1.29 is 27.7 Å². The molecule has 1 aliphatic rings. The first-order valence-electron chi connectivity index (χ1n) is 10.4. The molecule has 0 aromatic carbocycles. The molecular weight excluding hydrogens is 282 g/mol. The highest BCUT2D eigenvalue weighted by Crippen LogP contribution is 2.34. The Hall–Kier alpha value is -1.65. The Morgan fingerprint density at radius 1 is 1.59 bits per heavy atom. The summed E-state index contributed by atoms with van der Waals surface area (Å²) in [6.07, 6.45) is -1.14. The van der Waals surface area contributed by atoms with Crippen LogP contribution in [0.1, 0.15) is 61.0 Å². The van der Waals surface area contributed by atoms with E-state index in [2.05, 4.69) is 5.32 Å². The van der Waals surface area contributed by atoms with Crippen molar-refractivity contribution >= 4 is 17.7 Å². The van der Waals surface area contributed by atoms with Gasteiger partial charge in [-0.1, -0.05) is 32.8 Å².